The first-order valence-electron chi connectivity index (χ1n) is 9.56. The van der Waals surface area contributed by atoms with E-state index in [2.05, 4.69) is 4.98 Å². The Bertz CT molecular complexity index is 1370. The molecule has 4 aromatic rings. The highest BCUT2D eigenvalue weighted by Crippen LogP contribution is 2.22. The predicted octanol–water partition coefficient (Wildman–Crippen LogP) is 2.97. The fourth-order valence-electron chi connectivity index (χ4n) is 3.16. The second-order valence-corrected chi connectivity index (χ2v) is 9.42. The zero-order valence-electron chi connectivity index (χ0n) is 16.5. The standard InChI is InChI=1S/C22H20N4O3S2/c23-31(28,29)18-10-8-16(9-11-18)12-14-26-21(27)19-6-1-2-7-20(19)25-22(26)30-15-17-5-3-4-13-24-17/h1-11,13H,12,14-15H2,(H2,23,28,29). The van der Waals surface area contributed by atoms with Crippen LogP contribution in [0.25, 0.3) is 10.9 Å². The van der Waals surface area contributed by atoms with Crippen molar-refractivity contribution in [3.05, 3.63) is 94.5 Å². The third kappa shape index (κ3) is 5.01. The van der Waals surface area contributed by atoms with Crippen LogP contribution in [-0.4, -0.2) is 23.0 Å². The van der Waals surface area contributed by atoms with Gasteiger partial charge in [0, 0.05) is 18.5 Å². The molecule has 0 aliphatic heterocycles. The van der Waals surface area contributed by atoms with E-state index in [0.29, 0.717) is 34.8 Å². The second kappa shape index (κ2) is 9.01. The summed E-state index contributed by atoms with van der Waals surface area (Å²) in [6.45, 7) is 0.413. The van der Waals surface area contributed by atoms with Crippen LogP contribution in [-0.2, 0) is 28.7 Å². The summed E-state index contributed by atoms with van der Waals surface area (Å²) in [6, 6.07) is 19.4. The van der Waals surface area contributed by atoms with Gasteiger partial charge in [-0.3, -0.25) is 14.3 Å². The monoisotopic (exact) mass is 452 g/mol. The number of fused-ring (bicyclic) bond motifs is 1. The van der Waals surface area contributed by atoms with Crippen molar-refractivity contribution in [2.45, 2.75) is 28.8 Å². The maximum atomic E-state index is 13.2. The van der Waals surface area contributed by atoms with Crippen molar-refractivity contribution < 1.29 is 8.42 Å². The van der Waals surface area contributed by atoms with Crippen molar-refractivity contribution >= 4 is 32.7 Å². The van der Waals surface area contributed by atoms with Crippen LogP contribution in [0.4, 0.5) is 0 Å². The number of sulfonamides is 1. The molecule has 2 heterocycles. The molecule has 2 N–H and O–H groups in total. The number of benzene rings is 2. The van der Waals surface area contributed by atoms with Gasteiger partial charge < -0.3 is 0 Å². The van der Waals surface area contributed by atoms with Gasteiger partial charge in [0.25, 0.3) is 5.56 Å². The van der Waals surface area contributed by atoms with E-state index in [1.165, 1.54) is 23.9 Å². The predicted molar refractivity (Wildman–Crippen MR) is 121 cm³/mol. The summed E-state index contributed by atoms with van der Waals surface area (Å²) in [6.07, 6.45) is 2.28. The zero-order valence-corrected chi connectivity index (χ0v) is 18.1. The highest BCUT2D eigenvalue weighted by atomic mass is 32.2. The molecule has 0 saturated carbocycles. The molecule has 0 aliphatic carbocycles. The average molecular weight is 453 g/mol. The first kappa shape index (κ1) is 21.2. The van der Waals surface area contributed by atoms with Crippen molar-refractivity contribution in [2.75, 3.05) is 0 Å². The minimum atomic E-state index is -3.73. The van der Waals surface area contributed by atoms with Crippen LogP contribution >= 0.6 is 11.8 Å². The Morgan fingerprint density at radius 1 is 0.968 bits per heavy atom. The van der Waals surface area contributed by atoms with E-state index >= 15 is 0 Å². The van der Waals surface area contributed by atoms with E-state index in [4.69, 9.17) is 10.1 Å². The molecule has 0 fully saturated rings. The van der Waals surface area contributed by atoms with Gasteiger partial charge in [-0.25, -0.2) is 18.5 Å². The molecule has 0 bridgehead atoms. The lowest BCUT2D eigenvalue weighted by atomic mass is 10.1. The lowest BCUT2D eigenvalue weighted by Gasteiger charge is -2.13. The van der Waals surface area contributed by atoms with Gasteiger partial charge in [-0.1, -0.05) is 42.1 Å². The second-order valence-electron chi connectivity index (χ2n) is 6.92. The highest BCUT2D eigenvalue weighted by Gasteiger charge is 2.13. The highest BCUT2D eigenvalue weighted by molar-refractivity contribution is 7.98. The van der Waals surface area contributed by atoms with E-state index in [9.17, 15) is 13.2 Å². The normalized spacial score (nSPS) is 11.6. The number of rotatable bonds is 7. The molecular formula is C22H20N4O3S2. The minimum absolute atomic E-state index is 0.0624. The number of primary sulfonamides is 1. The molecule has 0 unspecified atom stereocenters. The molecule has 9 heteroatoms. The molecule has 0 atom stereocenters. The molecular weight excluding hydrogens is 432 g/mol. The van der Waals surface area contributed by atoms with Crippen molar-refractivity contribution in [1.82, 2.24) is 14.5 Å². The molecule has 0 amide bonds. The third-order valence-electron chi connectivity index (χ3n) is 4.78. The maximum absolute atomic E-state index is 13.2. The zero-order chi connectivity index (χ0) is 21.8. The first-order chi connectivity index (χ1) is 14.9. The summed E-state index contributed by atoms with van der Waals surface area (Å²) >= 11 is 1.46. The van der Waals surface area contributed by atoms with Crippen LogP contribution in [0.3, 0.4) is 0 Å². The Morgan fingerprint density at radius 3 is 2.42 bits per heavy atom. The number of para-hydroxylation sites is 1. The summed E-state index contributed by atoms with van der Waals surface area (Å²) in [5, 5.41) is 6.34. The number of aromatic nitrogens is 3. The fourth-order valence-corrected chi connectivity index (χ4v) is 4.62. The molecule has 4 rings (SSSR count). The molecule has 31 heavy (non-hydrogen) atoms. The van der Waals surface area contributed by atoms with Crippen molar-refractivity contribution in [1.29, 1.82) is 0 Å². The largest absolute Gasteiger partial charge is 0.287 e. The Balaban J connectivity index is 1.63. The maximum Gasteiger partial charge on any atom is 0.262 e. The molecule has 0 radical (unpaired) electrons. The van der Waals surface area contributed by atoms with Gasteiger partial charge in [0.2, 0.25) is 10.0 Å². The van der Waals surface area contributed by atoms with E-state index in [0.717, 1.165) is 11.3 Å². The first-order valence-corrected chi connectivity index (χ1v) is 12.1. The third-order valence-corrected chi connectivity index (χ3v) is 6.72. The van der Waals surface area contributed by atoms with Gasteiger partial charge in [0.15, 0.2) is 5.16 Å². The van der Waals surface area contributed by atoms with Crippen LogP contribution in [0, 0.1) is 0 Å². The smallest absolute Gasteiger partial charge is 0.262 e. The lowest BCUT2D eigenvalue weighted by molar-refractivity contribution is 0.594. The lowest BCUT2D eigenvalue weighted by Crippen LogP contribution is -2.24. The van der Waals surface area contributed by atoms with Crippen LogP contribution in [0.5, 0.6) is 0 Å². The topological polar surface area (TPSA) is 108 Å². The van der Waals surface area contributed by atoms with Crippen LogP contribution in [0.1, 0.15) is 11.3 Å². The summed E-state index contributed by atoms with van der Waals surface area (Å²) in [5.74, 6) is 0.592. The molecule has 7 nitrogen and oxygen atoms in total. The van der Waals surface area contributed by atoms with Crippen LogP contribution < -0.4 is 10.7 Å². The fraction of sp³-hybridized carbons (Fsp3) is 0.136. The average Bonchev–Trinajstić information content (AvgIpc) is 2.77. The summed E-state index contributed by atoms with van der Waals surface area (Å²) in [4.78, 5) is 22.3. The summed E-state index contributed by atoms with van der Waals surface area (Å²) in [7, 11) is -3.73. The number of hydrogen-bond donors (Lipinski definition) is 1. The summed E-state index contributed by atoms with van der Waals surface area (Å²) < 4.78 is 24.6. The van der Waals surface area contributed by atoms with Crippen molar-refractivity contribution in [2.24, 2.45) is 5.14 Å². The Labute approximate surface area is 184 Å². The quantitative estimate of drug-likeness (QED) is 0.341. The number of aryl methyl sites for hydroxylation is 1. The van der Waals surface area contributed by atoms with Gasteiger partial charge in [0.1, 0.15) is 0 Å². The van der Waals surface area contributed by atoms with Gasteiger partial charge in [-0.15, -0.1) is 0 Å². The van der Waals surface area contributed by atoms with E-state index in [-0.39, 0.29) is 10.5 Å². The molecule has 0 spiro atoms. The van der Waals surface area contributed by atoms with Gasteiger partial charge in [0.05, 0.1) is 21.5 Å². The molecule has 158 valence electrons. The van der Waals surface area contributed by atoms with Gasteiger partial charge in [-0.05, 0) is 48.4 Å². The molecule has 2 aromatic carbocycles. The van der Waals surface area contributed by atoms with Crippen LogP contribution in [0.15, 0.2) is 87.8 Å². The number of hydrogen-bond acceptors (Lipinski definition) is 6. The Kier molecular flexibility index (Phi) is 6.17. The van der Waals surface area contributed by atoms with Gasteiger partial charge >= 0.3 is 0 Å². The summed E-state index contributed by atoms with van der Waals surface area (Å²) in [5.41, 5.74) is 2.35. The van der Waals surface area contributed by atoms with Crippen molar-refractivity contribution in [3.63, 3.8) is 0 Å². The van der Waals surface area contributed by atoms with E-state index in [1.807, 2.05) is 36.4 Å². The number of pyridine rings is 1. The molecule has 2 aromatic heterocycles. The van der Waals surface area contributed by atoms with Crippen LogP contribution in [0.2, 0.25) is 0 Å². The number of thioether (sulfide) groups is 1. The minimum Gasteiger partial charge on any atom is -0.287 e. The van der Waals surface area contributed by atoms with Gasteiger partial charge in [-0.2, -0.15) is 0 Å². The SMILES string of the molecule is NS(=O)(=O)c1ccc(CCn2c(SCc3ccccn3)nc3ccccc3c2=O)cc1. The number of nitrogens with zero attached hydrogens (tertiary/aromatic N) is 3. The Hall–Kier alpha value is -3.01. The molecule has 0 saturated heterocycles. The Morgan fingerprint density at radius 2 is 1.71 bits per heavy atom. The molecule has 0 aliphatic rings. The van der Waals surface area contributed by atoms with E-state index < -0.39 is 10.0 Å². The number of nitrogens with two attached hydrogens (primary N) is 1. The van der Waals surface area contributed by atoms with Crippen molar-refractivity contribution in [3.8, 4) is 0 Å². The van der Waals surface area contributed by atoms with E-state index in [1.54, 1.807) is 29.0 Å².